The number of hydrogen-bond donors (Lipinski definition) is 2. The second-order valence-electron chi connectivity index (χ2n) is 6.45. The zero-order chi connectivity index (χ0) is 14.0. The van der Waals surface area contributed by atoms with Crippen LogP contribution in [0.4, 0.5) is 5.69 Å². The summed E-state index contributed by atoms with van der Waals surface area (Å²) in [6.07, 6.45) is -0.313. The van der Waals surface area contributed by atoms with Gasteiger partial charge in [0.15, 0.2) is 0 Å². The summed E-state index contributed by atoms with van der Waals surface area (Å²) >= 11 is 0. The lowest BCUT2D eigenvalue weighted by atomic mass is 9.99. The van der Waals surface area contributed by atoms with Crippen molar-refractivity contribution in [1.29, 1.82) is 0 Å². The highest BCUT2D eigenvalue weighted by Crippen LogP contribution is 2.27. The van der Waals surface area contributed by atoms with Crippen LogP contribution in [0.25, 0.3) is 0 Å². The molecule has 2 rings (SSSR count). The molecule has 1 unspecified atom stereocenters. The third-order valence-corrected chi connectivity index (χ3v) is 3.93. The zero-order valence-electron chi connectivity index (χ0n) is 12.5. The molecule has 3 heteroatoms. The van der Waals surface area contributed by atoms with Crippen molar-refractivity contribution in [3.63, 3.8) is 0 Å². The molecule has 0 aliphatic carbocycles. The topological polar surface area (TPSA) is 35.5 Å². The van der Waals surface area contributed by atoms with Gasteiger partial charge in [0.2, 0.25) is 0 Å². The third-order valence-electron chi connectivity index (χ3n) is 3.93. The molecule has 3 nitrogen and oxygen atoms in total. The van der Waals surface area contributed by atoms with E-state index in [2.05, 4.69) is 62.2 Å². The van der Waals surface area contributed by atoms with Gasteiger partial charge in [-0.05, 0) is 37.5 Å². The van der Waals surface area contributed by atoms with Gasteiger partial charge in [0.05, 0.1) is 6.10 Å². The van der Waals surface area contributed by atoms with Gasteiger partial charge >= 0.3 is 0 Å². The van der Waals surface area contributed by atoms with Crippen molar-refractivity contribution < 1.29 is 5.11 Å². The SMILES string of the molecule is CC(C)c1ccc(N2CC(O)CNCC2(C)C)cc1. The lowest BCUT2D eigenvalue weighted by Gasteiger charge is -2.39. The van der Waals surface area contributed by atoms with E-state index in [1.807, 2.05) is 0 Å². The molecule has 0 bridgehead atoms. The largest absolute Gasteiger partial charge is 0.390 e. The molecule has 1 aromatic carbocycles. The van der Waals surface area contributed by atoms with Crippen molar-refractivity contribution >= 4 is 5.69 Å². The van der Waals surface area contributed by atoms with Crippen molar-refractivity contribution in [3.8, 4) is 0 Å². The number of benzene rings is 1. The minimum atomic E-state index is -0.313. The normalized spacial score (nSPS) is 23.5. The molecular formula is C16H26N2O. The van der Waals surface area contributed by atoms with Gasteiger partial charge in [0.1, 0.15) is 0 Å². The predicted octanol–water partition coefficient (Wildman–Crippen LogP) is 2.36. The van der Waals surface area contributed by atoms with Crippen LogP contribution in [0.1, 0.15) is 39.2 Å². The fourth-order valence-corrected chi connectivity index (χ4v) is 2.66. The van der Waals surface area contributed by atoms with Crippen LogP contribution in [0.2, 0.25) is 0 Å². The second kappa shape index (κ2) is 5.51. The Bertz CT molecular complexity index is 411. The van der Waals surface area contributed by atoms with Gasteiger partial charge in [0, 0.05) is 30.9 Å². The second-order valence-corrected chi connectivity index (χ2v) is 6.45. The van der Waals surface area contributed by atoms with E-state index in [9.17, 15) is 5.11 Å². The number of β-amino-alcohol motifs (C(OH)–C–C–N with tert-alkyl or cyclic N) is 1. The maximum Gasteiger partial charge on any atom is 0.0839 e. The number of nitrogens with zero attached hydrogens (tertiary/aromatic N) is 1. The maximum absolute atomic E-state index is 9.99. The fourth-order valence-electron chi connectivity index (χ4n) is 2.66. The molecule has 0 amide bonds. The molecule has 106 valence electrons. The quantitative estimate of drug-likeness (QED) is 0.859. The van der Waals surface area contributed by atoms with E-state index >= 15 is 0 Å². The molecule has 1 fully saturated rings. The summed E-state index contributed by atoms with van der Waals surface area (Å²) in [5.41, 5.74) is 2.56. The van der Waals surface area contributed by atoms with Crippen molar-refractivity contribution in [3.05, 3.63) is 29.8 Å². The van der Waals surface area contributed by atoms with Crippen LogP contribution in [0.3, 0.4) is 0 Å². The highest BCUT2D eigenvalue weighted by atomic mass is 16.3. The van der Waals surface area contributed by atoms with Crippen LogP contribution in [0.15, 0.2) is 24.3 Å². The number of hydrogen-bond acceptors (Lipinski definition) is 3. The minimum absolute atomic E-state index is 0.0107. The van der Waals surface area contributed by atoms with Crippen molar-refractivity contribution in [2.45, 2.75) is 45.3 Å². The van der Waals surface area contributed by atoms with E-state index in [1.54, 1.807) is 0 Å². The molecule has 0 spiro atoms. The standard InChI is InChI=1S/C16H26N2O/c1-12(2)13-5-7-14(8-6-13)18-10-15(19)9-17-11-16(18,3)4/h5-8,12,15,17,19H,9-11H2,1-4H3. The minimum Gasteiger partial charge on any atom is -0.390 e. The van der Waals surface area contributed by atoms with Crippen molar-refractivity contribution in [2.24, 2.45) is 0 Å². The molecule has 2 N–H and O–H groups in total. The average Bonchev–Trinajstić information content (AvgIpc) is 2.48. The van der Waals surface area contributed by atoms with E-state index in [-0.39, 0.29) is 11.6 Å². The van der Waals surface area contributed by atoms with Crippen LogP contribution in [0.5, 0.6) is 0 Å². The Morgan fingerprint density at radius 1 is 1.26 bits per heavy atom. The van der Waals surface area contributed by atoms with Crippen LogP contribution < -0.4 is 10.2 Å². The molecule has 1 aliphatic rings. The zero-order valence-corrected chi connectivity index (χ0v) is 12.5. The molecule has 1 saturated heterocycles. The molecule has 19 heavy (non-hydrogen) atoms. The highest BCUT2D eigenvalue weighted by Gasteiger charge is 2.31. The first-order valence-electron chi connectivity index (χ1n) is 7.16. The van der Waals surface area contributed by atoms with Crippen molar-refractivity contribution in [1.82, 2.24) is 5.32 Å². The smallest absolute Gasteiger partial charge is 0.0839 e. The number of nitrogens with one attached hydrogen (secondary N) is 1. The first-order valence-corrected chi connectivity index (χ1v) is 7.16. The summed E-state index contributed by atoms with van der Waals surface area (Å²) in [4.78, 5) is 2.31. The van der Waals surface area contributed by atoms with Crippen LogP contribution >= 0.6 is 0 Å². The van der Waals surface area contributed by atoms with E-state index < -0.39 is 0 Å². The van der Waals surface area contributed by atoms with E-state index in [0.717, 1.165) is 6.54 Å². The lowest BCUT2D eigenvalue weighted by Crippen LogP contribution is -2.49. The molecule has 1 aliphatic heterocycles. The molecule has 1 aromatic rings. The highest BCUT2D eigenvalue weighted by molar-refractivity contribution is 5.51. The van der Waals surface area contributed by atoms with Gasteiger partial charge in [-0.25, -0.2) is 0 Å². The summed E-state index contributed by atoms with van der Waals surface area (Å²) < 4.78 is 0. The predicted molar refractivity (Wildman–Crippen MR) is 80.8 cm³/mol. The third kappa shape index (κ3) is 3.28. The number of anilines is 1. The van der Waals surface area contributed by atoms with Gasteiger partial charge in [-0.15, -0.1) is 0 Å². The Morgan fingerprint density at radius 2 is 1.89 bits per heavy atom. The van der Waals surface area contributed by atoms with Gasteiger partial charge in [-0.3, -0.25) is 0 Å². The molecule has 1 heterocycles. The van der Waals surface area contributed by atoms with Crippen LogP contribution in [0, 0.1) is 0 Å². The Morgan fingerprint density at radius 3 is 2.47 bits per heavy atom. The molecule has 0 aromatic heterocycles. The Balaban J connectivity index is 2.26. The van der Waals surface area contributed by atoms with Gasteiger partial charge in [-0.1, -0.05) is 26.0 Å². The average molecular weight is 262 g/mol. The summed E-state index contributed by atoms with van der Waals surface area (Å²) in [6, 6.07) is 8.74. The first-order chi connectivity index (χ1) is 8.90. The summed E-state index contributed by atoms with van der Waals surface area (Å²) in [6.45, 7) is 11.1. The van der Waals surface area contributed by atoms with E-state index in [1.165, 1.54) is 11.3 Å². The maximum atomic E-state index is 9.99. The number of aliphatic hydroxyl groups excluding tert-OH is 1. The number of rotatable bonds is 2. The summed E-state index contributed by atoms with van der Waals surface area (Å²) in [7, 11) is 0. The molecule has 0 saturated carbocycles. The van der Waals surface area contributed by atoms with Crippen molar-refractivity contribution in [2.75, 3.05) is 24.5 Å². The molecule has 0 radical (unpaired) electrons. The van der Waals surface area contributed by atoms with Crippen LogP contribution in [-0.2, 0) is 0 Å². The van der Waals surface area contributed by atoms with Gasteiger partial charge in [0.25, 0.3) is 0 Å². The van der Waals surface area contributed by atoms with Gasteiger partial charge in [-0.2, -0.15) is 0 Å². The number of aliphatic hydroxyl groups is 1. The summed E-state index contributed by atoms with van der Waals surface area (Å²) in [5, 5.41) is 13.3. The Labute approximate surface area is 116 Å². The van der Waals surface area contributed by atoms with Crippen LogP contribution in [-0.4, -0.2) is 36.4 Å². The summed E-state index contributed by atoms with van der Waals surface area (Å²) in [5.74, 6) is 0.554. The van der Waals surface area contributed by atoms with Gasteiger partial charge < -0.3 is 15.3 Å². The molecule has 1 atom stereocenters. The first kappa shape index (κ1) is 14.4. The molecular weight excluding hydrogens is 236 g/mol. The van der Waals surface area contributed by atoms with E-state index in [4.69, 9.17) is 0 Å². The Hall–Kier alpha value is -1.06. The Kier molecular flexibility index (Phi) is 4.16. The fraction of sp³-hybridized carbons (Fsp3) is 0.625. The van der Waals surface area contributed by atoms with E-state index in [0.29, 0.717) is 19.0 Å². The monoisotopic (exact) mass is 262 g/mol. The lowest BCUT2D eigenvalue weighted by molar-refractivity contribution is 0.183.